The average molecular weight is 1430 g/mol. The van der Waals surface area contributed by atoms with Crippen molar-refractivity contribution in [1.82, 2.24) is 4.57 Å². The van der Waals surface area contributed by atoms with Crippen LogP contribution >= 0.6 is 45.3 Å². The van der Waals surface area contributed by atoms with Crippen molar-refractivity contribution >= 4 is 85.2 Å². The lowest BCUT2D eigenvalue weighted by atomic mass is 9.99. The Morgan fingerprint density at radius 2 is 0.717 bits per heavy atom. The molecular formula is C87H129NO7S4. The number of aliphatic carboxylic acids is 1. The Kier molecular flexibility index (Phi) is 38.4. The summed E-state index contributed by atoms with van der Waals surface area (Å²) in [6.45, 7) is 14.0. The van der Waals surface area contributed by atoms with Crippen LogP contribution in [0.25, 0.3) is 67.6 Å². The highest BCUT2D eigenvalue weighted by atomic mass is 32.1. The Labute approximate surface area is 615 Å². The van der Waals surface area contributed by atoms with Gasteiger partial charge >= 0.3 is 11.9 Å². The van der Waals surface area contributed by atoms with Crippen LogP contribution in [-0.2, 0) is 46.6 Å². The van der Waals surface area contributed by atoms with Crippen molar-refractivity contribution in [1.29, 1.82) is 0 Å². The number of thiophene rings is 4. The van der Waals surface area contributed by atoms with Crippen LogP contribution < -0.4 is 14.2 Å². The van der Waals surface area contributed by atoms with E-state index in [1.54, 1.807) is 38.6 Å². The fourth-order valence-electron chi connectivity index (χ4n) is 14.7. The Hall–Kier alpha value is -4.88. The lowest BCUT2D eigenvalue weighted by Crippen LogP contribution is -2.15. The van der Waals surface area contributed by atoms with Gasteiger partial charge < -0.3 is 28.6 Å². The second kappa shape index (κ2) is 46.7. The number of rotatable bonds is 56. The van der Waals surface area contributed by atoms with Crippen molar-refractivity contribution in [3.8, 4) is 57.0 Å². The number of methoxy groups -OCH3 is 3. The van der Waals surface area contributed by atoms with E-state index < -0.39 is 11.9 Å². The number of carboxylic acid groups (broad SMARTS) is 1. The van der Waals surface area contributed by atoms with Crippen LogP contribution in [0.3, 0.4) is 0 Å². The second-order valence-corrected chi connectivity index (χ2v) is 32.5. The zero-order valence-corrected chi connectivity index (χ0v) is 66.5. The highest BCUT2D eigenvalue weighted by Gasteiger charge is 2.27. The number of aromatic nitrogens is 1. The summed E-state index contributed by atoms with van der Waals surface area (Å²) in [6, 6.07) is 18.8. The molecule has 0 spiro atoms. The molecule has 0 aliphatic heterocycles. The first-order valence-electron chi connectivity index (χ1n) is 40.0. The molecule has 0 saturated carbocycles. The number of fused-ring (bicyclic) bond motifs is 3. The summed E-state index contributed by atoms with van der Waals surface area (Å²) >= 11 is 7.57. The molecule has 0 amide bonds. The average Bonchev–Trinajstić information content (AvgIpc) is 1.58. The highest BCUT2D eigenvalue weighted by Crippen LogP contribution is 2.52. The summed E-state index contributed by atoms with van der Waals surface area (Å²) < 4.78 is 26.1. The lowest BCUT2D eigenvalue weighted by molar-refractivity contribution is -0.143. The van der Waals surface area contributed by atoms with Crippen molar-refractivity contribution < 1.29 is 33.6 Å². The molecule has 0 saturated heterocycles. The number of unbranched alkanes of at least 4 members (excludes halogenated alkanes) is 36. The summed E-state index contributed by atoms with van der Waals surface area (Å²) in [5, 5.41) is 12.6. The molecule has 0 radical (unpaired) electrons. The van der Waals surface area contributed by atoms with Crippen molar-refractivity contribution in [3.05, 3.63) is 81.2 Å². The predicted octanol–water partition coefficient (Wildman–Crippen LogP) is 28.6. The molecular weight excluding hydrogens is 1300 g/mol. The van der Waals surface area contributed by atoms with E-state index in [-0.39, 0.29) is 12.2 Å². The van der Waals surface area contributed by atoms with Gasteiger partial charge in [0.1, 0.15) is 22.8 Å². The van der Waals surface area contributed by atoms with Crippen LogP contribution in [0.15, 0.2) is 54.1 Å². The van der Waals surface area contributed by atoms with E-state index in [1.807, 2.05) is 47.2 Å². The Balaban J connectivity index is 1.33. The molecule has 5 aromatic heterocycles. The van der Waals surface area contributed by atoms with Gasteiger partial charge in [-0.15, -0.1) is 45.3 Å². The van der Waals surface area contributed by atoms with Gasteiger partial charge in [-0.25, -0.2) is 9.59 Å². The molecule has 12 heteroatoms. The van der Waals surface area contributed by atoms with Gasteiger partial charge in [-0.2, -0.15) is 0 Å². The minimum absolute atomic E-state index is 0.118. The van der Waals surface area contributed by atoms with Gasteiger partial charge in [-0.05, 0) is 142 Å². The molecule has 0 fully saturated rings. The summed E-state index contributed by atoms with van der Waals surface area (Å²) in [4.78, 5) is 36.0. The van der Waals surface area contributed by atoms with Crippen molar-refractivity contribution in [2.45, 2.75) is 331 Å². The quantitative estimate of drug-likeness (QED) is 0.0133. The first-order valence-corrected chi connectivity index (χ1v) is 43.2. The fraction of sp³-hybridized carbons (Fsp3) is 0.632. The van der Waals surface area contributed by atoms with Gasteiger partial charge in [0.05, 0.1) is 39.0 Å². The van der Waals surface area contributed by atoms with E-state index in [1.165, 1.54) is 300 Å². The molecule has 548 valence electrons. The molecule has 7 rings (SSSR count). The van der Waals surface area contributed by atoms with E-state index in [9.17, 15) is 14.7 Å². The summed E-state index contributed by atoms with van der Waals surface area (Å²) in [6.07, 6.45) is 57.3. The van der Waals surface area contributed by atoms with Crippen LogP contribution in [0.4, 0.5) is 0 Å². The molecule has 5 heterocycles. The number of carboxylic acids is 1. The number of hydrogen-bond acceptors (Lipinski definition) is 10. The normalized spacial score (nSPS) is 11.9. The largest absolute Gasteiger partial charge is 0.497 e. The van der Waals surface area contributed by atoms with Gasteiger partial charge in [0.25, 0.3) is 0 Å². The van der Waals surface area contributed by atoms with Crippen molar-refractivity contribution in [3.63, 3.8) is 0 Å². The number of hydrogen-bond donors (Lipinski definition) is 1. The predicted molar refractivity (Wildman–Crippen MR) is 432 cm³/mol. The van der Waals surface area contributed by atoms with Crippen molar-refractivity contribution in [2.75, 3.05) is 27.9 Å². The van der Waals surface area contributed by atoms with Crippen LogP contribution in [0.1, 0.15) is 326 Å². The molecule has 0 aliphatic rings. The third kappa shape index (κ3) is 25.5. The van der Waals surface area contributed by atoms with E-state index in [4.69, 9.17) is 18.9 Å². The number of carbonyl (C=O) groups excluding carboxylic acids is 1. The zero-order valence-electron chi connectivity index (χ0n) is 63.2. The molecule has 99 heavy (non-hydrogen) atoms. The number of ether oxygens (including phenoxy) is 4. The van der Waals surface area contributed by atoms with Gasteiger partial charge in [0.2, 0.25) is 0 Å². The Bertz CT molecular complexity index is 3480. The number of carbonyl (C=O) groups is 2. The molecule has 0 atom stereocenters. The Morgan fingerprint density at radius 1 is 0.384 bits per heavy atom. The number of nitrogens with zero attached hydrogens (tertiary/aromatic N) is 1. The minimum atomic E-state index is -1.26. The molecule has 8 nitrogen and oxygen atoms in total. The zero-order chi connectivity index (χ0) is 70.4. The Morgan fingerprint density at radius 3 is 1.07 bits per heavy atom. The number of benzene rings is 2. The number of esters is 1. The fourth-order valence-corrected chi connectivity index (χ4v) is 19.9. The molecule has 0 bridgehead atoms. The standard InChI is InChI=1S/C87H129NO7S4/c1-10-16-20-24-28-32-36-40-44-48-52-65-56-71(64-74(86(89)90)87(91)95-15-6)96-83(65)77-60-67(54-50-46-42-38-34-30-26-22-18-12-3)85(98-77)79-61-68(55-51-47-43-39-35-31-27-23-19-13-4)84(99-79)78-59-66(53-49-45-41-37-33-29-25-21-17-11-2)82(97-78)69-57-72-73-62-70(92-7)63-76(94-9)81(73)88(14-5)80(72)75(58-69)93-8/h56-64H,10-55H2,1-9H3,(H,89,90). The molecule has 2 aromatic carbocycles. The highest BCUT2D eigenvalue weighted by molar-refractivity contribution is 7.29. The summed E-state index contributed by atoms with van der Waals surface area (Å²) in [7, 11) is 5.31. The third-order valence-corrected chi connectivity index (χ3v) is 25.6. The van der Waals surface area contributed by atoms with Crippen LogP contribution in [0, 0.1) is 0 Å². The first kappa shape index (κ1) is 81.4. The molecule has 0 unspecified atom stereocenters. The van der Waals surface area contributed by atoms with Crippen LogP contribution in [-0.4, -0.2) is 49.5 Å². The van der Waals surface area contributed by atoms with E-state index in [0.717, 1.165) is 95.4 Å². The van der Waals surface area contributed by atoms with Gasteiger partial charge in [-0.3, -0.25) is 0 Å². The first-order chi connectivity index (χ1) is 48.6. The minimum Gasteiger partial charge on any atom is -0.497 e. The third-order valence-electron chi connectivity index (χ3n) is 20.3. The van der Waals surface area contributed by atoms with E-state index in [2.05, 4.69) is 81.7 Å². The summed E-state index contributed by atoms with van der Waals surface area (Å²) in [5.41, 5.74) is 8.58. The maximum absolute atomic E-state index is 13.2. The monoisotopic (exact) mass is 1430 g/mol. The van der Waals surface area contributed by atoms with E-state index >= 15 is 0 Å². The van der Waals surface area contributed by atoms with Crippen LogP contribution in [0.2, 0.25) is 0 Å². The molecule has 1 N–H and O–H groups in total. The van der Waals surface area contributed by atoms with Gasteiger partial charge in [-0.1, -0.05) is 259 Å². The molecule has 7 aromatic rings. The SMILES string of the molecule is CCCCCCCCCCCCc1cc(-c2sc(-c3sc(-c4sc(C=C(C(=O)O)C(=O)OCC)cc4CCCCCCCCCCCC)cc3CCCCCCCCCCCC)cc2CCCCCCCCCCCC)sc1-c1cc(OC)c2c(c1)c1cc(OC)cc(OC)c1n2CC. The van der Waals surface area contributed by atoms with Gasteiger partial charge in [0.15, 0.2) is 0 Å². The smallest absolute Gasteiger partial charge is 0.345 e. The van der Waals surface area contributed by atoms with Crippen LogP contribution in [0.5, 0.6) is 17.2 Å². The topological polar surface area (TPSA) is 96.2 Å². The lowest BCUT2D eigenvalue weighted by Gasteiger charge is -2.12. The summed E-state index contributed by atoms with van der Waals surface area (Å²) in [5.74, 6) is 0.385. The number of aryl methyl sites for hydroxylation is 5. The van der Waals surface area contributed by atoms with Gasteiger partial charge in [0, 0.05) is 62.4 Å². The maximum Gasteiger partial charge on any atom is 0.345 e. The molecule has 0 aliphatic carbocycles. The van der Waals surface area contributed by atoms with Crippen molar-refractivity contribution in [2.24, 2.45) is 0 Å². The van der Waals surface area contributed by atoms with E-state index in [0.29, 0.717) is 0 Å². The second-order valence-electron chi connectivity index (χ2n) is 28.3. The maximum atomic E-state index is 13.2.